The first-order valence-corrected chi connectivity index (χ1v) is 6.62. The van der Waals surface area contributed by atoms with Gasteiger partial charge in [-0.1, -0.05) is 18.2 Å². The molecule has 1 atom stereocenters. The van der Waals surface area contributed by atoms with Gasteiger partial charge in [-0.3, -0.25) is 0 Å². The average Bonchev–Trinajstić information content (AvgIpc) is 2.99. The number of aliphatic hydroxyl groups is 1. The first-order chi connectivity index (χ1) is 8.05. The molecule has 0 spiro atoms. The number of para-hydroxylation sites is 1. The molecule has 0 saturated heterocycles. The van der Waals surface area contributed by atoms with Crippen molar-refractivity contribution in [3.63, 3.8) is 0 Å². The largest absolute Gasteiger partial charge is 0.390 e. The van der Waals surface area contributed by atoms with E-state index in [-0.39, 0.29) is 5.92 Å². The summed E-state index contributed by atoms with van der Waals surface area (Å²) >= 11 is 0. The van der Waals surface area contributed by atoms with Crippen molar-refractivity contribution in [2.45, 2.75) is 38.2 Å². The minimum absolute atomic E-state index is 0.248. The predicted octanol–water partition coefficient (Wildman–Crippen LogP) is 2.77. The Kier molecular flexibility index (Phi) is 2.44. The lowest BCUT2D eigenvalue weighted by molar-refractivity contribution is 0.0548. The number of hydrogen-bond donors (Lipinski definition) is 1. The van der Waals surface area contributed by atoms with Crippen LogP contribution in [0.4, 0.5) is 5.69 Å². The second-order valence-electron chi connectivity index (χ2n) is 6.11. The molecule has 2 heteroatoms. The Hall–Kier alpha value is -1.02. The number of anilines is 1. The maximum absolute atomic E-state index is 10.3. The van der Waals surface area contributed by atoms with Crippen molar-refractivity contribution in [3.8, 4) is 0 Å². The maximum atomic E-state index is 10.3. The highest BCUT2D eigenvalue weighted by molar-refractivity contribution is 5.61. The van der Waals surface area contributed by atoms with Crippen LogP contribution in [0.1, 0.15) is 38.2 Å². The molecule has 1 aromatic carbocycles. The standard InChI is InChI=1S/C15H21NO/c1-15(2,17)13-10-16(9-11-7-8-11)14-6-4-3-5-12(13)14/h3-6,11,13,17H,7-10H2,1-2H3. The predicted molar refractivity (Wildman–Crippen MR) is 70.4 cm³/mol. The molecule has 1 aliphatic carbocycles. The van der Waals surface area contributed by atoms with Crippen LogP contribution in [0.15, 0.2) is 24.3 Å². The van der Waals surface area contributed by atoms with Crippen LogP contribution in [-0.4, -0.2) is 23.8 Å². The highest BCUT2D eigenvalue weighted by Crippen LogP contribution is 2.43. The normalized spacial score (nSPS) is 23.9. The summed E-state index contributed by atoms with van der Waals surface area (Å²) in [6, 6.07) is 8.55. The Balaban J connectivity index is 1.91. The molecular weight excluding hydrogens is 210 g/mol. The molecule has 0 aromatic heterocycles. The van der Waals surface area contributed by atoms with Crippen molar-refractivity contribution in [1.82, 2.24) is 0 Å². The van der Waals surface area contributed by atoms with Crippen LogP contribution in [0.3, 0.4) is 0 Å². The third-order valence-electron chi connectivity index (χ3n) is 4.08. The van der Waals surface area contributed by atoms with Crippen LogP contribution in [0.2, 0.25) is 0 Å². The van der Waals surface area contributed by atoms with Crippen molar-refractivity contribution in [2.75, 3.05) is 18.0 Å². The maximum Gasteiger partial charge on any atom is 0.0677 e. The van der Waals surface area contributed by atoms with Gasteiger partial charge in [-0.05, 0) is 44.2 Å². The topological polar surface area (TPSA) is 23.5 Å². The molecule has 1 fully saturated rings. The first kappa shape index (κ1) is 11.1. The molecule has 2 aliphatic rings. The second kappa shape index (κ2) is 3.74. The summed E-state index contributed by atoms with van der Waals surface area (Å²) in [5.41, 5.74) is 2.03. The molecule has 0 bridgehead atoms. The van der Waals surface area contributed by atoms with E-state index in [0.29, 0.717) is 0 Å². The third-order valence-corrected chi connectivity index (χ3v) is 4.08. The molecule has 3 rings (SSSR count). The van der Waals surface area contributed by atoms with Gasteiger partial charge in [-0.15, -0.1) is 0 Å². The third kappa shape index (κ3) is 2.06. The molecule has 1 N–H and O–H groups in total. The molecule has 1 aromatic rings. The van der Waals surface area contributed by atoms with Crippen LogP contribution in [0, 0.1) is 5.92 Å². The van der Waals surface area contributed by atoms with E-state index in [9.17, 15) is 5.11 Å². The molecule has 0 amide bonds. The van der Waals surface area contributed by atoms with Crippen LogP contribution in [0.25, 0.3) is 0 Å². The Morgan fingerprint density at radius 2 is 2.00 bits per heavy atom. The fraction of sp³-hybridized carbons (Fsp3) is 0.600. The number of rotatable bonds is 3. The summed E-state index contributed by atoms with van der Waals surface area (Å²) in [6.07, 6.45) is 2.76. The summed E-state index contributed by atoms with van der Waals surface area (Å²) in [4.78, 5) is 2.47. The van der Waals surface area contributed by atoms with Gasteiger partial charge < -0.3 is 10.0 Å². The van der Waals surface area contributed by atoms with E-state index in [2.05, 4.69) is 29.2 Å². The monoisotopic (exact) mass is 231 g/mol. The summed E-state index contributed by atoms with van der Waals surface area (Å²) in [5, 5.41) is 10.3. The van der Waals surface area contributed by atoms with Gasteiger partial charge in [0.1, 0.15) is 0 Å². The summed E-state index contributed by atoms with van der Waals surface area (Å²) in [6.45, 7) is 5.99. The van der Waals surface area contributed by atoms with E-state index in [1.54, 1.807) is 0 Å². The minimum Gasteiger partial charge on any atom is -0.390 e. The molecule has 1 heterocycles. The molecule has 1 unspecified atom stereocenters. The minimum atomic E-state index is -0.631. The van der Waals surface area contributed by atoms with Gasteiger partial charge in [0.15, 0.2) is 0 Å². The van der Waals surface area contributed by atoms with Gasteiger partial charge in [0.2, 0.25) is 0 Å². The van der Waals surface area contributed by atoms with Crippen molar-refractivity contribution in [3.05, 3.63) is 29.8 Å². The van der Waals surface area contributed by atoms with Crippen molar-refractivity contribution < 1.29 is 5.11 Å². The Bertz CT molecular complexity index is 417. The lowest BCUT2D eigenvalue weighted by atomic mass is 9.86. The lowest BCUT2D eigenvalue weighted by Gasteiger charge is -2.27. The quantitative estimate of drug-likeness (QED) is 0.864. The van der Waals surface area contributed by atoms with Crippen LogP contribution < -0.4 is 4.90 Å². The Morgan fingerprint density at radius 1 is 1.29 bits per heavy atom. The molecule has 1 aliphatic heterocycles. The SMILES string of the molecule is CC(C)(O)C1CN(CC2CC2)c2ccccc21. The lowest BCUT2D eigenvalue weighted by Crippen LogP contribution is -2.34. The van der Waals surface area contributed by atoms with Crippen molar-refractivity contribution in [1.29, 1.82) is 0 Å². The number of nitrogens with zero attached hydrogens (tertiary/aromatic N) is 1. The fourth-order valence-electron chi connectivity index (χ4n) is 2.88. The highest BCUT2D eigenvalue weighted by atomic mass is 16.3. The van der Waals surface area contributed by atoms with Crippen molar-refractivity contribution >= 4 is 5.69 Å². The number of fused-ring (bicyclic) bond motifs is 1. The van der Waals surface area contributed by atoms with E-state index >= 15 is 0 Å². The molecular formula is C15H21NO. The fourth-order valence-corrected chi connectivity index (χ4v) is 2.88. The molecule has 0 radical (unpaired) electrons. The van der Waals surface area contributed by atoms with Gasteiger partial charge in [0.05, 0.1) is 5.60 Å². The Labute approximate surface area is 103 Å². The molecule has 2 nitrogen and oxygen atoms in total. The van der Waals surface area contributed by atoms with Gasteiger partial charge >= 0.3 is 0 Å². The zero-order chi connectivity index (χ0) is 12.0. The highest BCUT2D eigenvalue weighted by Gasteiger charge is 2.39. The summed E-state index contributed by atoms with van der Waals surface area (Å²) in [5.74, 6) is 1.14. The van der Waals surface area contributed by atoms with Crippen molar-refractivity contribution in [2.24, 2.45) is 5.92 Å². The van der Waals surface area contributed by atoms with Gasteiger partial charge in [-0.2, -0.15) is 0 Å². The molecule has 92 valence electrons. The zero-order valence-corrected chi connectivity index (χ0v) is 10.7. The van der Waals surface area contributed by atoms with Crippen LogP contribution >= 0.6 is 0 Å². The van der Waals surface area contributed by atoms with Crippen LogP contribution in [0.5, 0.6) is 0 Å². The Morgan fingerprint density at radius 3 is 2.65 bits per heavy atom. The van der Waals surface area contributed by atoms with Crippen LogP contribution in [-0.2, 0) is 0 Å². The summed E-state index contributed by atoms with van der Waals surface area (Å²) in [7, 11) is 0. The second-order valence-corrected chi connectivity index (χ2v) is 6.11. The number of hydrogen-bond acceptors (Lipinski definition) is 2. The van der Waals surface area contributed by atoms with E-state index in [4.69, 9.17) is 0 Å². The average molecular weight is 231 g/mol. The zero-order valence-electron chi connectivity index (χ0n) is 10.7. The summed E-state index contributed by atoms with van der Waals surface area (Å²) < 4.78 is 0. The smallest absolute Gasteiger partial charge is 0.0677 e. The van der Waals surface area contributed by atoms with Gasteiger partial charge in [0.25, 0.3) is 0 Å². The number of benzene rings is 1. The first-order valence-electron chi connectivity index (χ1n) is 6.62. The van der Waals surface area contributed by atoms with Gasteiger partial charge in [0, 0.05) is 24.7 Å². The molecule has 17 heavy (non-hydrogen) atoms. The van der Waals surface area contributed by atoms with E-state index in [0.717, 1.165) is 12.5 Å². The van der Waals surface area contributed by atoms with E-state index < -0.39 is 5.60 Å². The van der Waals surface area contributed by atoms with E-state index in [1.165, 1.54) is 30.6 Å². The molecule has 1 saturated carbocycles. The van der Waals surface area contributed by atoms with Gasteiger partial charge in [-0.25, -0.2) is 0 Å². The van der Waals surface area contributed by atoms with E-state index in [1.807, 2.05) is 13.8 Å².